The number of carbonyl (C=O) groups excluding carboxylic acids is 1. The van der Waals surface area contributed by atoms with E-state index in [0.717, 1.165) is 29.7 Å². The van der Waals surface area contributed by atoms with E-state index in [1.165, 1.54) is 17.2 Å². The second kappa shape index (κ2) is 10.1. The summed E-state index contributed by atoms with van der Waals surface area (Å²) >= 11 is 0. The smallest absolute Gasteiger partial charge is 0.343 e. The van der Waals surface area contributed by atoms with Crippen LogP contribution in [0, 0.1) is 23.0 Å². The molecule has 4 rings (SSSR count). The molecule has 0 aliphatic rings. The van der Waals surface area contributed by atoms with Crippen molar-refractivity contribution in [3.8, 4) is 22.9 Å². The third-order valence-electron chi connectivity index (χ3n) is 5.66. The Balaban J connectivity index is 1.42. The van der Waals surface area contributed by atoms with Crippen LogP contribution in [0.2, 0.25) is 0 Å². The van der Waals surface area contributed by atoms with Crippen LogP contribution in [-0.4, -0.2) is 5.97 Å². The van der Waals surface area contributed by atoms with Crippen molar-refractivity contribution >= 4 is 5.97 Å². The van der Waals surface area contributed by atoms with Crippen molar-refractivity contribution in [2.75, 3.05) is 0 Å². The Morgan fingerprint density at radius 3 is 2.00 bits per heavy atom. The van der Waals surface area contributed by atoms with Crippen LogP contribution < -0.4 is 4.74 Å². The van der Waals surface area contributed by atoms with E-state index in [1.807, 2.05) is 18.2 Å². The summed E-state index contributed by atoms with van der Waals surface area (Å²) < 4.78 is 32.5. The standard InChI is InChI=1S/C29H21F2NO2/c1-19(21-5-3-2-4-6-21)15-20-7-9-22(10-8-20)23-11-13-24(14-12-23)29(33)34-25-16-27(30)26(18-32)28(31)17-25/h2-14,16-17,19H,15H2,1H3/t19-/m0/s1. The zero-order chi connectivity index (χ0) is 24.1. The van der Waals surface area contributed by atoms with E-state index in [9.17, 15) is 13.6 Å². The normalized spacial score (nSPS) is 11.5. The molecule has 3 nitrogen and oxygen atoms in total. The summed E-state index contributed by atoms with van der Waals surface area (Å²) in [6.45, 7) is 2.21. The Morgan fingerprint density at radius 1 is 0.882 bits per heavy atom. The molecule has 34 heavy (non-hydrogen) atoms. The molecule has 0 aliphatic carbocycles. The second-order valence-electron chi connectivity index (χ2n) is 8.05. The van der Waals surface area contributed by atoms with Gasteiger partial charge in [0.2, 0.25) is 0 Å². The molecule has 168 valence electrons. The van der Waals surface area contributed by atoms with Gasteiger partial charge in [0, 0.05) is 12.1 Å². The molecule has 0 amide bonds. The molecule has 0 radical (unpaired) electrons. The number of hydrogen-bond acceptors (Lipinski definition) is 3. The highest BCUT2D eigenvalue weighted by atomic mass is 19.1. The van der Waals surface area contributed by atoms with Crippen molar-refractivity contribution in [3.05, 3.63) is 125 Å². The number of nitriles is 1. The van der Waals surface area contributed by atoms with Crippen molar-refractivity contribution < 1.29 is 18.3 Å². The molecule has 0 aromatic heterocycles. The molecule has 0 unspecified atom stereocenters. The molecule has 0 fully saturated rings. The molecule has 0 bridgehead atoms. The molecular formula is C29H21F2NO2. The molecule has 1 atom stereocenters. The van der Waals surface area contributed by atoms with E-state index in [2.05, 4.69) is 43.3 Å². The summed E-state index contributed by atoms with van der Waals surface area (Å²) in [7, 11) is 0. The highest BCUT2D eigenvalue weighted by Crippen LogP contribution is 2.25. The number of halogens is 2. The first-order valence-corrected chi connectivity index (χ1v) is 10.8. The molecule has 0 aliphatic heterocycles. The van der Waals surface area contributed by atoms with Crippen LogP contribution in [0.1, 0.15) is 39.9 Å². The first-order valence-electron chi connectivity index (χ1n) is 10.8. The topological polar surface area (TPSA) is 50.1 Å². The Morgan fingerprint density at radius 2 is 1.44 bits per heavy atom. The summed E-state index contributed by atoms with van der Waals surface area (Å²) in [4.78, 5) is 12.4. The number of ether oxygens (including phenoxy) is 1. The van der Waals surface area contributed by atoms with Crippen molar-refractivity contribution in [1.82, 2.24) is 0 Å². The summed E-state index contributed by atoms with van der Waals surface area (Å²) in [6.07, 6.45) is 0.936. The third kappa shape index (κ3) is 5.19. The van der Waals surface area contributed by atoms with Gasteiger partial charge in [-0.1, -0.05) is 73.7 Å². The van der Waals surface area contributed by atoms with Gasteiger partial charge in [-0.3, -0.25) is 0 Å². The van der Waals surface area contributed by atoms with Gasteiger partial charge in [-0.05, 0) is 46.7 Å². The summed E-state index contributed by atoms with van der Waals surface area (Å²) in [5.74, 6) is -2.80. The molecule has 0 spiro atoms. The molecule has 0 saturated heterocycles. The van der Waals surface area contributed by atoms with Gasteiger partial charge in [0.15, 0.2) is 0 Å². The number of rotatable bonds is 6. The maximum absolute atomic E-state index is 13.7. The number of hydrogen-bond donors (Lipinski definition) is 0. The van der Waals surface area contributed by atoms with Gasteiger partial charge >= 0.3 is 5.97 Å². The first-order chi connectivity index (χ1) is 16.4. The van der Waals surface area contributed by atoms with E-state index in [1.54, 1.807) is 24.3 Å². The van der Waals surface area contributed by atoms with Crippen LogP contribution in [-0.2, 0) is 6.42 Å². The van der Waals surface area contributed by atoms with Crippen LogP contribution in [0.25, 0.3) is 11.1 Å². The lowest BCUT2D eigenvalue weighted by atomic mass is 9.93. The zero-order valence-corrected chi connectivity index (χ0v) is 18.5. The predicted octanol–water partition coefficient (Wildman–Crippen LogP) is 7.07. The molecular weight excluding hydrogens is 432 g/mol. The monoisotopic (exact) mass is 453 g/mol. The van der Waals surface area contributed by atoms with Gasteiger partial charge in [0.1, 0.15) is 29.0 Å². The summed E-state index contributed by atoms with van der Waals surface area (Å²) in [5.41, 5.74) is 4.00. The Labute approximate surface area is 196 Å². The lowest BCUT2D eigenvalue weighted by molar-refractivity contribution is 0.0734. The quantitative estimate of drug-likeness (QED) is 0.232. The summed E-state index contributed by atoms with van der Waals surface area (Å²) in [6, 6.07) is 28.5. The van der Waals surface area contributed by atoms with Crippen LogP contribution in [0.4, 0.5) is 8.78 Å². The molecule has 4 aromatic carbocycles. The Hall–Kier alpha value is -4.30. The third-order valence-corrected chi connectivity index (χ3v) is 5.66. The van der Waals surface area contributed by atoms with Gasteiger partial charge in [0.05, 0.1) is 5.56 Å². The van der Waals surface area contributed by atoms with E-state index >= 15 is 0 Å². The maximum Gasteiger partial charge on any atom is 0.343 e. The van der Waals surface area contributed by atoms with Gasteiger partial charge in [-0.2, -0.15) is 5.26 Å². The van der Waals surface area contributed by atoms with Gasteiger partial charge in [-0.25, -0.2) is 13.6 Å². The maximum atomic E-state index is 13.7. The van der Waals surface area contributed by atoms with Crippen molar-refractivity contribution in [3.63, 3.8) is 0 Å². The number of carbonyl (C=O) groups is 1. The minimum absolute atomic E-state index is 0.238. The number of nitrogens with zero attached hydrogens (tertiary/aromatic N) is 1. The number of esters is 1. The van der Waals surface area contributed by atoms with Crippen LogP contribution >= 0.6 is 0 Å². The van der Waals surface area contributed by atoms with E-state index in [4.69, 9.17) is 10.00 Å². The minimum atomic E-state index is -1.08. The summed E-state index contributed by atoms with van der Waals surface area (Å²) in [5, 5.41) is 8.73. The fourth-order valence-electron chi connectivity index (χ4n) is 3.77. The molecule has 5 heteroatoms. The van der Waals surface area contributed by atoms with Crippen LogP contribution in [0.15, 0.2) is 91.0 Å². The SMILES string of the molecule is C[C@@H](Cc1ccc(-c2ccc(C(=O)Oc3cc(F)c(C#N)c(F)c3)cc2)cc1)c1ccccc1. The van der Waals surface area contributed by atoms with Gasteiger partial charge < -0.3 is 4.74 Å². The molecule has 0 saturated carbocycles. The second-order valence-corrected chi connectivity index (χ2v) is 8.05. The Kier molecular flexibility index (Phi) is 6.79. The lowest BCUT2D eigenvalue weighted by Crippen LogP contribution is -2.09. The van der Waals surface area contributed by atoms with Crippen LogP contribution in [0.3, 0.4) is 0 Å². The fourth-order valence-corrected chi connectivity index (χ4v) is 3.77. The molecule has 0 N–H and O–H groups in total. The average Bonchev–Trinajstić information content (AvgIpc) is 2.85. The van der Waals surface area contributed by atoms with Gasteiger partial charge in [0.25, 0.3) is 0 Å². The highest BCUT2D eigenvalue weighted by Gasteiger charge is 2.15. The highest BCUT2D eigenvalue weighted by molar-refractivity contribution is 5.91. The molecule has 4 aromatic rings. The Bertz CT molecular complexity index is 1320. The number of benzene rings is 4. The predicted molar refractivity (Wildman–Crippen MR) is 126 cm³/mol. The molecule has 0 heterocycles. The van der Waals surface area contributed by atoms with Crippen molar-refractivity contribution in [1.29, 1.82) is 5.26 Å². The lowest BCUT2D eigenvalue weighted by Gasteiger charge is -2.12. The van der Waals surface area contributed by atoms with Gasteiger partial charge in [-0.15, -0.1) is 0 Å². The fraction of sp³-hybridized carbons (Fsp3) is 0.103. The average molecular weight is 453 g/mol. The van der Waals surface area contributed by atoms with Crippen LogP contribution in [0.5, 0.6) is 5.75 Å². The van der Waals surface area contributed by atoms with E-state index < -0.39 is 23.2 Å². The van der Waals surface area contributed by atoms with Crippen molar-refractivity contribution in [2.45, 2.75) is 19.3 Å². The first kappa shape index (κ1) is 22.9. The van der Waals surface area contributed by atoms with Crippen molar-refractivity contribution in [2.24, 2.45) is 0 Å². The zero-order valence-electron chi connectivity index (χ0n) is 18.5. The largest absolute Gasteiger partial charge is 0.423 e. The van der Waals surface area contributed by atoms with E-state index in [0.29, 0.717) is 5.92 Å². The van der Waals surface area contributed by atoms with E-state index in [-0.39, 0.29) is 11.3 Å². The minimum Gasteiger partial charge on any atom is -0.423 e.